The molecule has 0 radical (unpaired) electrons. The summed E-state index contributed by atoms with van der Waals surface area (Å²) in [6.07, 6.45) is -0.0390. The first-order valence-electron chi connectivity index (χ1n) is 5.98. The van der Waals surface area contributed by atoms with Gasteiger partial charge in [0.2, 0.25) is 0 Å². The zero-order chi connectivity index (χ0) is 14.5. The standard InChI is InChI=1S/C14H13N3O3/c1-20-11-3-2-9-6-10(8-15)14(17-12(9)7-11)16-5-4-13(18)19/h2-3,6-7H,4-5H2,1H3,(H,16,17)(H,18,19). The molecule has 0 aliphatic carbocycles. The quantitative estimate of drug-likeness (QED) is 0.863. The Bertz CT molecular complexity index is 692. The lowest BCUT2D eigenvalue weighted by Gasteiger charge is -2.08. The highest BCUT2D eigenvalue weighted by Gasteiger charge is 2.08. The zero-order valence-corrected chi connectivity index (χ0v) is 10.9. The highest BCUT2D eigenvalue weighted by Crippen LogP contribution is 2.23. The largest absolute Gasteiger partial charge is 0.497 e. The lowest BCUT2D eigenvalue weighted by molar-refractivity contribution is -0.136. The van der Waals surface area contributed by atoms with Gasteiger partial charge in [0.1, 0.15) is 17.6 Å². The van der Waals surface area contributed by atoms with Gasteiger partial charge in [-0.2, -0.15) is 5.26 Å². The summed E-state index contributed by atoms with van der Waals surface area (Å²) in [4.78, 5) is 14.8. The molecule has 0 atom stereocenters. The van der Waals surface area contributed by atoms with Crippen molar-refractivity contribution in [1.82, 2.24) is 4.98 Å². The van der Waals surface area contributed by atoms with E-state index < -0.39 is 5.97 Å². The van der Waals surface area contributed by atoms with E-state index in [4.69, 9.17) is 15.1 Å². The number of nitrogens with zero attached hydrogens (tertiary/aromatic N) is 2. The number of carbonyl (C=O) groups is 1. The Kier molecular flexibility index (Phi) is 4.01. The number of hydrogen-bond acceptors (Lipinski definition) is 5. The Morgan fingerprint density at radius 1 is 1.50 bits per heavy atom. The van der Waals surface area contributed by atoms with Crippen LogP contribution in [-0.4, -0.2) is 29.7 Å². The Morgan fingerprint density at radius 3 is 2.95 bits per heavy atom. The molecule has 6 nitrogen and oxygen atoms in total. The van der Waals surface area contributed by atoms with Crippen LogP contribution in [0.3, 0.4) is 0 Å². The lowest BCUT2D eigenvalue weighted by atomic mass is 10.1. The first kappa shape index (κ1) is 13.6. The fourth-order valence-electron chi connectivity index (χ4n) is 1.78. The summed E-state index contributed by atoms with van der Waals surface area (Å²) in [7, 11) is 1.57. The number of aliphatic carboxylic acids is 1. The maximum Gasteiger partial charge on any atom is 0.305 e. The molecule has 0 amide bonds. The van der Waals surface area contributed by atoms with Crippen LogP contribution in [0.2, 0.25) is 0 Å². The molecular weight excluding hydrogens is 258 g/mol. The number of nitrogens with one attached hydrogen (secondary N) is 1. The number of anilines is 1. The third-order valence-electron chi connectivity index (χ3n) is 2.78. The highest BCUT2D eigenvalue weighted by atomic mass is 16.5. The summed E-state index contributed by atoms with van der Waals surface area (Å²) in [5.74, 6) is 0.152. The number of carboxylic acids is 1. The number of hydrogen-bond donors (Lipinski definition) is 2. The van der Waals surface area contributed by atoms with Crippen molar-refractivity contribution in [3.8, 4) is 11.8 Å². The van der Waals surface area contributed by atoms with Gasteiger partial charge < -0.3 is 15.2 Å². The Labute approximate surface area is 115 Å². The van der Waals surface area contributed by atoms with Crippen LogP contribution in [-0.2, 0) is 4.79 Å². The molecule has 0 bridgehead atoms. The molecule has 0 aliphatic heterocycles. The number of pyridine rings is 1. The van der Waals surface area contributed by atoms with E-state index in [9.17, 15) is 4.79 Å². The summed E-state index contributed by atoms with van der Waals surface area (Å²) in [5, 5.41) is 21.4. The van der Waals surface area contributed by atoms with Crippen molar-refractivity contribution < 1.29 is 14.6 Å². The molecule has 6 heteroatoms. The van der Waals surface area contributed by atoms with Gasteiger partial charge in [0, 0.05) is 18.0 Å². The van der Waals surface area contributed by atoms with Crippen LogP contribution in [0.1, 0.15) is 12.0 Å². The second kappa shape index (κ2) is 5.89. The van der Waals surface area contributed by atoms with Crippen molar-refractivity contribution in [2.45, 2.75) is 6.42 Å². The molecule has 0 saturated carbocycles. The molecule has 1 heterocycles. The maximum atomic E-state index is 10.5. The maximum absolute atomic E-state index is 10.5. The van der Waals surface area contributed by atoms with Gasteiger partial charge >= 0.3 is 5.97 Å². The number of nitriles is 1. The molecule has 0 unspecified atom stereocenters. The minimum absolute atomic E-state index is 0.0390. The third kappa shape index (κ3) is 2.95. The minimum Gasteiger partial charge on any atom is -0.497 e. The van der Waals surface area contributed by atoms with Crippen LogP contribution in [0.25, 0.3) is 10.9 Å². The lowest BCUT2D eigenvalue weighted by Crippen LogP contribution is -2.09. The molecular formula is C14H13N3O3. The molecule has 1 aromatic heterocycles. The van der Waals surface area contributed by atoms with Gasteiger partial charge in [0.15, 0.2) is 0 Å². The normalized spacial score (nSPS) is 10.0. The average Bonchev–Trinajstić information content (AvgIpc) is 2.45. The Balaban J connectivity index is 2.36. The van der Waals surface area contributed by atoms with Crippen LogP contribution >= 0.6 is 0 Å². The molecule has 0 fully saturated rings. The Hall–Kier alpha value is -2.81. The molecule has 2 N–H and O–H groups in total. The number of methoxy groups -OCH3 is 1. The summed E-state index contributed by atoms with van der Waals surface area (Å²) in [6.45, 7) is 0.215. The molecule has 0 aliphatic rings. The van der Waals surface area contributed by atoms with E-state index in [0.717, 1.165) is 5.39 Å². The van der Waals surface area contributed by atoms with Crippen LogP contribution in [0.4, 0.5) is 5.82 Å². The van der Waals surface area contributed by atoms with Crippen molar-refractivity contribution in [3.63, 3.8) is 0 Å². The SMILES string of the molecule is COc1ccc2cc(C#N)c(NCCC(=O)O)nc2c1. The van der Waals surface area contributed by atoms with Crippen molar-refractivity contribution in [1.29, 1.82) is 5.26 Å². The van der Waals surface area contributed by atoms with Crippen LogP contribution < -0.4 is 10.1 Å². The molecule has 2 rings (SSSR count). The summed E-state index contributed by atoms with van der Waals surface area (Å²) in [6, 6.07) is 9.14. The average molecular weight is 271 g/mol. The van der Waals surface area contributed by atoms with Crippen molar-refractivity contribution in [2.24, 2.45) is 0 Å². The van der Waals surface area contributed by atoms with Gasteiger partial charge in [-0.15, -0.1) is 0 Å². The summed E-state index contributed by atoms with van der Waals surface area (Å²) >= 11 is 0. The highest BCUT2D eigenvalue weighted by molar-refractivity contribution is 5.84. The first-order valence-corrected chi connectivity index (χ1v) is 5.98. The first-order chi connectivity index (χ1) is 9.63. The third-order valence-corrected chi connectivity index (χ3v) is 2.78. The van der Waals surface area contributed by atoms with Crippen molar-refractivity contribution in [3.05, 3.63) is 29.8 Å². The Morgan fingerprint density at radius 2 is 2.30 bits per heavy atom. The molecule has 0 spiro atoms. The van der Waals surface area contributed by atoms with Crippen LogP contribution in [0.15, 0.2) is 24.3 Å². The topological polar surface area (TPSA) is 95.2 Å². The number of ether oxygens (including phenoxy) is 1. The van der Waals surface area contributed by atoms with Crippen LogP contribution in [0.5, 0.6) is 5.75 Å². The number of fused-ring (bicyclic) bond motifs is 1. The van der Waals surface area contributed by atoms with E-state index >= 15 is 0 Å². The van der Waals surface area contributed by atoms with E-state index in [1.807, 2.05) is 6.07 Å². The number of carboxylic acid groups (broad SMARTS) is 1. The summed E-state index contributed by atoms with van der Waals surface area (Å²) < 4.78 is 5.13. The van der Waals surface area contributed by atoms with Gasteiger partial charge in [-0.3, -0.25) is 4.79 Å². The molecule has 102 valence electrons. The fraction of sp³-hybridized carbons (Fsp3) is 0.214. The molecule has 20 heavy (non-hydrogen) atoms. The number of rotatable bonds is 5. The monoisotopic (exact) mass is 271 g/mol. The van der Waals surface area contributed by atoms with E-state index in [1.165, 1.54) is 0 Å². The number of aromatic nitrogens is 1. The molecule has 2 aromatic rings. The number of benzene rings is 1. The van der Waals surface area contributed by atoms with Gasteiger partial charge in [-0.1, -0.05) is 0 Å². The summed E-state index contributed by atoms with van der Waals surface area (Å²) in [5.41, 5.74) is 1.06. The van der Waals surface area contributed by atoms with E-state index in [-0.39, 0.29) is 13.0 Å². The van der Waals surface area contributed by atoms with Gasteiger partial charge in [-0.25, -0.2) is 4.98 Å². The predicted molar refractivity (Wildman–Crippen MR) is 73.8 cm³/mol. The zero-order valence-electron chi connectivity index (χ0n) is 10.9. The second-order valence-electron chi connectivity index (χ2n) is 4.13. The van der Waals surface area contributed by atoms with Gasteiger partial charge in [0.05, 0.1) is 24.6 Å². The van der Waals surface area contributed by atoms with Gasteiger partial charge in [-0.05, 0) is 18.2 Å². The van der Waals surface area contributed by atoms with Crippen molar-refractivity contribution in [2.75, 3.05) is 19.0 Å². The van der Waals surface area contributed by atoms with Crippen molar-refractivity contribution >= 4 is 22.7 Å². The van der Waals surface area contributed by atoms with E-state index in [2.05, 4.69) is 16.4 Å². The van der Waals surface area contributed by atoms with E-state index in [0.29, 0.717) is 22.6 Å². The van der Waals surface area contributed by atoms with E-state index in [1.54, 1.807) is 25.3 Å². The second-order valence-corrected chi connectivity index (χ2v) is 4.13. The minimum atomic E-state index is -0.904. The van der Waals surface area contributed by atoms with Crippen LogP contribution in [0, 0.1) is 11.3 Å². The predicted octanol–water partition coefficient (Wildman–Crippen LogP) is 2.00. The smallest absolute Gasteiger partial charge is 0.305 e. The van der Waals surface area contributed by atoms with Gasteiger partial charge in [0.25, 0.3) is 0 Å². The molecule has 0 saturated heterocycles. The molecule has 1 aromatic carbocycles. The fourth-order valence-corrected chi connectivity index (χ4v) is 1.78.